The lowest BCUT2D eigenvalue weighted by Gasteiger charge is -2.09. The fraction of sp³-hybridized carbons (Fsp3) is 0.385. The second-order valence-corrected chi connectivity index (χ2v) is 4.22. The van der Waals surface area contributed by atoms with Crippen molar-refractivity contribution in [2.75, 3.05) is 0 Å². The Hall–Kier alpha value is -1.95. The molecule has 1 atom stereocenters. The molecule has 0 unspecified atom stereocenters. The summed E-state index contributed by atoms with van der Waals surface area (Å²) in [6.07, 6.45) is 0.696. The number of hydrogen-bond acceptors (Lipinski definition) is 5. The monoisotopic (exact) mass is 265 g/mol. The summed E-state index contributed by atoms with van der Waals surface area (Å²) in [5.41, 5.74) is 6.09. The minimum atomic E-state index is -0.382. The molecule has 0 radical (unpaired) electrons. The fourth-order valence-corrected chi connectivity index (χ4v) is 1.60. The number of halogens is 1. The van der Waals surface area contributed by atoms with Crippen molar-refractivity contribution >= 4 is 0 Å². The van der Waals surface area contributed by atoms with Gasteiger partial charge in [-0.2, -0.15) is 4.98 Å². The highest BCUT2D eigenvalue weighted by atomic mass is 19.1. The number of nitrogens with two attached hydrogens (primary N) is 1. The van der Waals surface area contributed by atoms with Crippen LogP contribution in [0.5, 0.6) is 5.75 Å². The number of aryl methyl sites for hydroxylation is 1. The summed E-state index contributed by atoms with van der Waals surface area (Å²) in [5, 5.41) is 3.75. The Morgan fingerprint density at radius 1 is 1.47 bits per heavy atom. The normalized spacial score (nSPS) is 12.4. The summed E-state index contributed by atoms with van der Waals surface area (Å²) in [6, 6.07) is 4.23. The molecule has 0 amide bonds. The Bertz CT molecular complexity index is 555. The van der Waals surface area contributed by atoms with E-state index in [1.165, 1.54) is 6.07 Å². The molecule has 19 heavy (non-hydrogen) atoms. The van der Waals surface area contributed by atoms with Crippen LogP contribution in [-0.2, 0) is 13.0 Å². The predicted octanol–water partition coefficient (Wildman–Crippen LogP) is 2.37. The Morgan fingerprint density at radius 2 is 2.26 bits per heavy atom. The molecule has 0 fully saturated rings. The van der Waals surface area contributed by atoms with Gasteiger partial charge in [0.1, 0.15) is 11.6 Å². The zero-order valence-corrected chi connectivity index (χ0v) is 10.9. The molecule has 102 valence electrons. The SMILES string of the molecule is CCc1noc(COc2ccc([C@H](C)N)c(F)c2)n1. The molecule has 1 aromatic heterocycles. The summed E-state index contributed by atoms with van der Waals surface area (Å²) >= 11 is 0. The van der Waals surface area contributed by atoms with Gasteiger partial charge >= 0.3 is 0 Å². The van der Waals surface area contributed by atoms with Crippen LogP contribution in [0.15, 0.2) is 22.7 Å². The molecule has 6 heteroatoms. The molecule has 0 aliphatic carbocycles. The van der Waals surface area contributed by atoms with E-state index >= 15 is 0 Å². The van der Waals surface area contributed by atoms with Crippen LogP contribution in [0.25, 0.3) is 0 Å². The number of rotatable bonds is 5. The Labute approximate surface area is 110 Å². The van der Waals surface area contributed by atoms with E-state index in [1.807, 2.05) is 6.92 Å². The predicted molar refractivity (Wildman–Crippen MR) is 67.0 cm³/mol. The van der Waals surface area contributed by atoms with Crippen molar-refractivity contribution in [1.82, 2.24) is 10.1 Å². The number of benzene rings is 1. The zero-order valence-electron chi connectivity index (χ0n) is 10.9. The highest BCUT2D eigenvalue weighted by molar-refractivity contribution is 5.30. The molecule has 0 spiro atoms. The van der Waals surface area contributed by atoms with Gasteiger partial charge in [0.25, 0.3) is 5.89 Å². The number of nitrogens with zero attached hydrogens (tertiary/aromatic N) is 2. The van der Waals surface area contributed by atoms with Crippen LogP contribution >= 0.6 is 0 Å². The van der Waals surface area contributed by atoms with Crippen molar-refractivity contribution < 1.29 is 13.7 Å². The molecule has 1 aromatic carbocycles. The number of ether oxygens (including phenoxy) is 1. The summed E-state index contributed by atoms with van der Waals surface area (Å²) in [6.45, 7) is 3.77. The van der Waals surface area contributed by atoms with Crippen LogP contribution in [-0.4, -0.2) is 10.1 Å². The highest BCUT2D eigenvalue weighted by Gasteiger charge is 2.09. The van der Waals surface area contributed by atoms with Crippen molar-refractivity contribution in [1.29, 1.82) is 0 Å². The van der Waals surface area contributed by atoms with Gasteiger partial charge in [-0.1, -0.05) is 18.1 Å². The topological polar surface area (TPSA) is 74.2 Å². The van der Waals surface area contributed by atoms with Crippen molar-refractivity contribution in [2.24, 2.45) is 5.73 Å². The molecular weight excluding hydrogens is 249 g/mol. The number of hydrogen-bond donors (Lipinski definition) is 1. The molecule has 0 saturated carbocycles. The van der Waals surface area contributed by atoms with Crippen molar-refractivity contribution in [3.05, 3.63) is 41.3 Å². The van der Waals surface area contributed by atoms with E-state index in [0.29, 0.717) is 29.4 Å². The maximum atomic E-state index is 13.7. The van der Waals surface area contributed by atoms with Crippen molar-refractivity contribution in [2.45, 2.75) is 32.9 Å². The first-order chi connectivity index (χ1) is 9.10. The van der Waals surface area contributed by atoms with E-state index in [4.69, 9.17) is 15.0 Å². The quantitative estimate of drug-likeness (QED) is 0.898. The van der Waals surface area contributed by atoms with Gasteiger partial charge in [0.05, 0.1) is 0 Å². The zero-order chi connectivity index (χ0) is 13.8. The van der Waals surface area contributed by atoms with Gasteiger partial charge in [-0.15, -0.1) is 0 Å². The van der Waals surface area contributed by atoms with Crippen LogP contribution in [0, 0.1) is 5.82 Å². The molecule has 2 aromatic rings. The third-order valence-electron chi connectivity index (χ3n) is 2.65. The minimum Gasteiger partial charge on any atom is -0.484 e. The first-order valence-corrected chi connectivity index (χ1v) is 6.09. The van der Waals surface area contributed by atoms with Crippen molar-refractivity contribution in [3.8, 4) is 5.75 Å². The lowest BCUT2D eigenvalue weighted by Crippen LogP contribution is -2.07. The molecule has 2 rings (SSSR count). The van der Waals surface area contributed by atoms with E-state index < -0.39 is 0 Å². The third kappa shape index (κ3) is 3.29. The van der Waals surface area contributed by atoms with Crippen LogP contribution < -0.4 is 10.5 Å². The van der Waals surface area contributed by atoms with Gasteiger partial charge in [-0.05, 0) is 13.0 Å². The summed E-state index contributed by atoms with van der Waals surface area (Å²) in [7, 11) is 0. The molecule has 0 aliphatic heterocycles. The summed E-state index contributed by atoms with van der Waals surface area (Å²) < 4.78 is 24.0. The van der Waals surface area contributed by atoms with Crippen LogP contribution in [0.2, 0.25) is 0 Å². The standard InChI is InChI=1S/C13H16FN3O2/c1-3-12-16-13(19-17-12)7-18-9-4-5-10(8(2)15)11(14)6-9/h4-6,8H,3,7,15H2,1-2H3/t8-/m0/s1. The second kappa shape index (κ2) is 5.79. The third-order valence-corrected chi connectivity index (χ3v) is 2.65. The van der Waals surface area contributed by atoms with E-state index in [1.54, 1.807) is 19.1 Å². The average molecular weight is 265 g/mol. The smallest absolute Gasteiger partial charge is 0.264 e. The minimum absolute atomic E-state index is 0.115. The molecule has 2 N–H and O–H groups in total. The summed E-state index contributed by atoms with van der Waals surface area (Å²) in [5.74, 6) is 1.01. The molecular formula is C13H16FN3O2. The van der Waals surface area contributed by atoms with Gasteiger partial charge in [-0.25, -0.2) is 4.39 Å². The Balaban J connectivity index is 2.01. The van der Waals surface area contributed by atoms with Crippen LogP contribution in [0.3, 0.4) is 0 Å². The molecule has 1 heterocycles. The van der Waals surface area contributed by atoms with E-state index in [9.17, 15) is 4.39 Å². The first-order valence-electron chi connectivity index (χ1n) is 6.09. The first kappa shape index (κ1) is 13.5. The molecule has 0 aliphatic rings. The Morgan fingerprint density at radius 3 is 2.84 bits per heavy atom. The molecule has 0 saturated heterocycles. The second-order valence-electron chi connectivity index (χ2n) is 4.22. The highest BCUT2D eigenvalue weighted by Crippen LogP contribution is 2.21. The van der Waals surface area contributed by atoms with Crippen molar-refractivity contribution in [3.63, 3.8) is 0 Å². The van der Waals surface area contributed by atoms with Crippen LogP contribution in [0.1, 0.15) is 37.2 Å². The van der Waals surface area contributed by atoms with Gasteiger partial charge in [0.2, 0.25) is 0 Å². The molecule has 0 bridgehead atoms. The van der Waals surface area contributed by atoms with E-state index in [0.717, 1.165) is 0 Å². The van der Waals surface area contributed by atoms with E-state index in [2.05, 4.69) is 10.1 Å². The fourth-order valence-electron chi connectivity index (χ4n) is 1.60. The van der Waals surface area contributed by atoms with Gasteiger partial charge in [0.15, 0.2) is 12.4 Å². The van der Waals surface area contributed by atoms with Gasteiger partial charge < -0.3 is 15.0 Å². The average Bonchev–Trinajstić information content (AvgIpc) is 2.84. The lowest BCUT2D eigenvalue weighted by molar-refractivity contribution is 0.241. The number of aromatic nitrogens is 2. The molecule has 5 nitrogen and oxygen atoms in total. The van der Waals surface area contributed by atoms with Gasteiger partial charge in [-0.3, -0.25) is 0 Å². The van der Waals surface area contributed by atoms with Crippen LogP contribution in [0.4, 0.5) is 4.39 Å². The summed E-state index contributed by atoms with van der Waals surface area (Å²) in [4.78, 5) is 4.10. The largest absolute Gasteiger partial charge is 0.484 e. The van der Waals surface area contributed by atoms with E-state index in [-0.39, 0.29) is 18.5 Å². The lowest BCUT2D eigenvalue weighted by atomic mass is 10.1. The maximum absolute atomic E-state index is 13.7. The Kier molecular flexibility index (Phi) is 4.11. The maximum Gasteiger partial charge on any atom is 0.264 e. The van der Waals surface area contributed by atoms with Gasteiger partial charge in [0, 0.05) is 24.1 Å².